The molecule has 2 N–H and O–H groups in total. The third-order valence-corrected chi connectivity index (χ3v) is 4.40. The summed E-state index contributed by atoms with van der Waals surface area (Å²) in [7, 11) is 0. The van der Waals surface area contributed by atoms with Crippen LogP contribution in [0.2, 0.25) is 0 Å². The van der Waals surface area contributed by atoms with Crippen LogP contribution in [0.5, 0.6) is 0 Å². The summed E-state index contributed by atoms with van der Waals surface area (Å²) in [5.74, 6) is -0.687. The van der Waals surface area contributed by atoms with Crippen LogP contribution in [0.15, 0.2) is 24.3 Å². The molecule has 0 radical (unpaired) electrons. The van der Waals surface area contributed by atoms with Crippen LogP contribution in [0.1, 0.15) is 31.7 Å². The van der Waals surface area contributed by atoms with Crippen LogP contribution in [0, 0.1) is 11.2 Å². The van der Waals surface area contributed by atoms with Gasteiger partial charge >= 0.3 is 0 Å². The molecule has 0 aliphatic carbocycles. The Balaban J connectivity index is 2.05. The first-order valence-corrected chi connectivity index (χ1v) is 7.29. The van der Waals surface area contributed by atoms with E-state index in [-0.39, 0.29) is 24.1 Å². The summed E-state index contributed by atoms with van der Waals surface area (Å²) in [6.45, 7) is 2.96. The van der Waals surface area contributed by atoms with Gasteiger partial charge in [0.05, 0.1) is 11.8 Å². The summed E-state index contributed by atoms with van der Waals surface area (Å²) >= 11 is 0. The van der Waals surface area contributed by atoms with Gasteiger partial charge in [0.15, 0.2) is 0 Å². The standard InChI is InChI=1S/C16H21FN2O2/c1-2-16(15(18)21)8-3-9-19(11-16)14(20)10-12-4-6-13(17)7-5-12/h4-7H,2-3,8-11H2,1H3,(H2,18,21). The SMILES string of the molecule is CCC1(C(N)=O)CCCN(C(=O)Cc2ccc(F)cc2)C1. The highest BCUT2D eigenvalue weighted by Crippen LogP contribution is 2.33. The van der Waals surface area contributed by atoms with Crippen LogP contribution in [0.3, 0.4) is 0 Å². The number of nitrogens with two attached hydrogens (primary N) is 1. The van der Waals surface area contributed by atoms with Crippen molar-refractivity contribution < 1.29 is 14.0 Å². The minimum atomic E-state index is -0.600. The molecule has 1 heterocycles. The third-order valence-electron chi connectivity index (χ3n) is 4.40. The van der Waals surface area contributed by atoms with Crippen LogP contribution in [-0.4, -0.2) is 29.8 Å². The molecule has 5 heteroatoms. The first-order chi connectivity index (χ1) is 9.97. The molecule has 1 atom stereocenters. The minimum Gasteiger partial charge on any atom is -0.369 e. The van der Waals surface area contributed by atoms with Gasteiger partial charge in [0.25, 0.3) is 0 Å². The Morgan fingerprint density at radius 2 is 2.00 bits per heavy atom. The average Bonchev–Trinajstić information content (AvgIpc) is 2.49. The van der Waals surface area contributed by atoms with Crippen molar-refractivity contribution in [1.29, 1.82) is 0 Å². The van der Waals surface area contributed by atoms with Crippen molar-refractivity contribution >= 4 is 11.8 Å². The Hall–Kier alpha value is -1.91. The highest BCUT2D eigenvalue weighted by atomic mass is 19.1. The second-order valence-electron chi connectivity index (χ2n) is 5.72. The first kappa shape index (κ1) is 15.5. The predicted molar refractivity (Wildman–Crippen MR) is 77.8 cm³/mol. The van der Waals surface area contributed by atoms with Gasteiger partial charge in [0.1, 0.15) is 5.82 Å². The number of carbonyl (C=O) groups is 2. The van der Waals surface area contributed by atoms with Gasteiger partial charge in [-0.1, -0.05) is 19.1 Å². The van der Waals surface area contributed by atoms with Gasteiger partial charge in [-0.05, 0) is 37.0 Å². The maximum absolute atomic E-state index is 12.9. The second kappa shape index (κ2) is 6.24. The smallest absolute Gasteiger partial charge is 0.227 e. The Kier molecular flexibility index (Phi) is 4.60. The summed E-state index contributed by atoms with van der Waals surface area (Å²) < 4.78 is 12.9. The van der Waals surface area contributed by atoms with Gasteiger partial charge in [-0.15, -0.1) is 0 Å². The lowest BCUT2D eigenvalue weighted by Crippen LogP contribution is -2.52. The van der Waals surface area contributed by atoms with Crippen LogP contribution in [0.4, 0.5) is 4.39 Å². The fourth-order valence-electron chi connectivity index (χ4n) is 2.90. The Morgan fingerprint density at radius 1 is 1.33 bits per heavy atom. The van der Waals surface area contributed by atoms with E-state index in [1.807, 2.05) is 6.92 Å². The van der Waals surface area contributed by atoms with Crippen molar-refractivity contribution in [2.45, 2.75) is 32.6 Å². The monoisotopic (exact) mass is 292 g/mol. The number of nitrogens with zero attached hydrogens (tertiary/aromatic N) is 1. The van der Waals surface area contributed by atoms with Crippen LogP contribution in [-0.2, 0) is 16.0 Å². The van der Waals surface area contributed by atoms with Gasteiger partial charge in [-0.25, -0.2) is 4.39 Å². The zero-order valence-electron chi connectivity index (χ0n) is 12.3. The number of rotatable bonds is 4. The number of hydrogen-bond acceptors (Lipinski definition) is 2. The van der Waals surface area contributed by atoms with Gasteiger partial charge in [0.2, 0.25) is 11.8 Å². The van der Waals surface area contributed by atoms with Crippen LogP contribution < -0.4 is 5.73 Å². The fourth-order valence-corrected chi connectivity index (χ4v) is 2.90. The van der Waals surface area contributed by atoms with E-state index in [4.69, 9.17) is 5.73 Å². The molecule has 1 unspecified atom stereocenters. The van der Waals surface area contributed by atoms with Crippen molar-refractivity contribution in [2.24, 2.45) is 11.1 Å². The third kappa shape index (κ3) is 3.40. The van der Waals surface area contributed by atoms with Crippen molar-refractivity contribution in [2.75, 3.05) is 13.1 Å². The molecule has 0 saturated carbocycles. The molecule has 1 aromatic rings. The van der Waals surface area contributed by atoms with Crippen molar-refractivity contribution in [3.63, 3.8) is 0 Å². The number of benzene rings is 1. The van der Waals surface area contributed by atoms with E-state index in [2.05, 4.69) is 0 Å². The van der Waals surface area contributed by atoms with E-state index in [0.29, 0.717) is 19.5 Å². The molecule has 1 saturated heterocycles. The summed E-state index contributed by atoms with van der Waals surface area (Å²) in [4.78, 5) is 25.8. The molecule has 114 valence electrons. The molecule has 1 aliphatic heterocycles. The summed E-state index contributed by atoms with van der Waals surface area (Å²) in [6.07, 6.45) is 2.38. The largest absolute Gasteiger partial charge is 0.369 e. The molecule has 1 aliphatic rings. The summed E-state index contributed by atoms with van der Waals surface area (Å²) in [5, 5.41) is 0. The van der Waals surface area contributed by atoms with E-state index in [1.54, 1.807) is 17.0 Å². The van der Waals surface area contributed by atoms with E-state index in [9.17, 15) is 14.0 Å². The Bertz CT molecular complexity index is 530. The quantitative estimate of drug-likeness (QED) is 0.921. The highest BCUT2D eigenvalue weighted by Gasteiger charge is 2.40. The van der Waals surface area contributed by atoms with Crippen molar-refractivity contribution in [1.82, 2.24) is 4.90 Å². The number of likely N-dealkylation sites (tertiary alicyclic amines) is 1. The maximum atomic E-state index is 12.9. The molecular formula is C16H21FN2O2. The second-order valence-corrected chi connectivity index (χ2v) is 5.72. The number of halogens is 1. The lowest BCUT2D eigenvalue weighted by molar-refractivity contribution is -0.139. The number of primary amides is 1. The number of amides is 2. The van der Waals surface area contributed by atoms with Crippen molar-refractivity contribution in [3.8, 4) is 0 Å². The van der Waals surface area contributed by atoms with Gasteiger partial charge in [0, 0.05) is 13.1 Å². The highest BCUT2D eigenvalue weighted by molar-refractivity contribution is 5.84. The lowest BCUT2D eigenvalue weighted by Gasteiger charge is -2.40. The number of piperidine rings is 1. The zero-order chi connectivity index (χ0) is 15.5. The number of hydrogen-bond donors (Lipinski definition) is 1. The van der Waals surface area contributed by atoms with Crippen LogP contribution in [0.25, 0.3) is 0 Å². The molecule has 0 bridgehead atoms. The summed E-state index contributed by atoms with van der Waals surface area (Å²) in [5.41, 5.74) is 5.70. The van der Waals surface area contributed by atoms with Crippen molar-refractivity contribution in [3.05, 3.63) is 35.6 Å². The topological polar surface area (TPSA) is 63.4 Å². The van der Waals surface area contributed by atoms with Crippen LogP contribution >= 0.6 is 0 Å². The van der Waals surface area contributed by atoms with Gasteiger partial charge in [-0.3, -0.25) is 9.59 Å². The fraction of sp³-hybridized carbons (Fsp3) is 0.500. The maximum Gasteiger partial charge on any atom is 0.227 e. The van der Waals surface area contributed by atoms with E-state index in [0.717, 1.165) is 18.4 Å². The van der Waals surface area contributed by atoms with E-state index >= 15 is 0 Å². The number of carbonyl (C=O) groups excluding carboxylic acids is 2. The van der Waals surface area contributed by atoms with E-state index < -0.39 is 5.41 Å². The molecule has 0 aromatic heterocycles. The normalized spacial score (nSPS) is 22.1. The first-order valence-electron chi connectivity index (χ1n) is 7.29. The zero-order valence-corrected chi connectivity index (χ0v) is 12.3. The van der Waals surface area contributed by atoms with E-state index in [1.165, 1.54) is 12.1 Å². The molecule has 2 amide bonds. The predicted octanol–water partition coefficient (Wildman–Crippen LogP) is 1.87. The van der Waals surface area contributed by atoms with Gasteiger partial charge < -0.3 is 10.6 Å². The molecule has 0 spiro atoms. The minimum absolute atomic E-state index is 0.0413. The molecule has 4 nitrogen and oxygen atoms in total. The lowest BCUT2D eigenvalue weighted by atomic mass is 9.77. The molecular weight excluding hydrogens is 271 g/mol. The Morgan fingerprint density at radius 3 is 2.57 bits per heavy atom. The molecule has 21 heavy (non-hydrogen) atoms. The molecule has 2 rings (SSSR count). The summed E-state index contributed by atoms with van der Waals surface area (Å²) in [6, 6.07) is 5.91. The molecule has 1 aromatic carbocycles. The van der Waals surface area contributed by atoms with Gasteiger partial charge in [-0.2, -0.15) is 0 Å². The molecule has 1 fully saturated rings. The Labute approximate surface area is 124 Å². The average molecular weight is 292 g/mol.